The molecule has 0 bridgehead atoms. The van der Waals surface area contributed by atoms with Crippen molar-refractivity contribution in [3.63, 3.8) is 0 Å². The van der Waals surface area contributed by atoms with E-state index in [1.165, 1.54) is 0 Å². The molecule has 3 heterocycles. The second-order valence-electron chi connectivity index (χ2n) is 9.73. The molecule has 6 nitrogen and oxygen atoms in total. The summed E-state index contributed by atoms with van der Waals surface area (Å²) in [4.78, 5) is 29.3. The molecule has 1 saturated heterocycles. The monoisotopic (exact) mass is 471 g/mol. The number of carbonyl (C=O) groups is 1. The lowest BCUT2D eigenvalue weighted by molar-refractivity contribution is -0.128. The SMILES string of the molecule is CCCN1[C@H](C(=O)N[C@@H](C)c2ccccc2)[C@@H](CO)[C@@H]2Cn3c(ccc(-c4ccccc4)c3=O)[C@@H]21. The van der Waals surface area contributed by atoms with Crippen molar-refractivity contribution in [1.82, 2.24) is 14.8 Å². The average Bonchev–Trinajstić information content (AvgIpc) is 3.41. The molecule has 2 aromatic carbocycles. The van der Waals surface area contributed by atoms with E-state index < -0.39 is 6.04 Å². The number of amides is 1. The predicted molar refractivity (Wildman–Crippen MR) is 137 cm³/mol. The van der Waals surface area contributed by atoms with Crippen molar-refractivity contribution in [3.8, 4) is 11.1 Å². The van der Waals surface area contributed by atoms with Crippen molar-refractivity contribution in [3.05, 3.63) is 94.4 Å². The number of aliphatic hydroxyl groups excluding tert-OH is 1. The Labute approximate surface area is 206 Å². The van der Waals surface area contributed by atoms with Crippen molar-refractivity contribution in [1.29, 1.82) is 0 Å². The Morgan fingerprint density at radius 2 is 1.74 bits per heavy atom. The number of aliphatic hydroxyl groups is 1. The zero-order chi connectivity index (χ0) is 24.5. The highest BCUT2D eigenvalue weighted by molar-refractivity contribution is 5.83. The summed E-state index contributed by atoms with van der Waals surface area (Å²) in [5.74, 6) is -0.292. The molecule has 0 saturated carbocycles. The van der Waals surface area contributed by atoms with E-state index in [0.29, 0.717) is 12.1 Å². The van der Waals surface area contributed by atoms with Gasteiger partial charge in [-0.3, -0.25) is 14.5 Å². The number of hydrogen-bond donors (Lipinski definition) is 2. The molecule has 6 heteroatoms. The predicted octanol–water partition coefficient (Wildman–Crippen LogP) is 3.77. The third-order valence-electron chi connectivity index (χ3n) is 7.68. The maximum absolute atomic E-state index is 13.6. The minimum atomic E-state index is -0.432. The molecule has 2 aliphatic heterocycles. The van der Waals surface area contributed by atoms with Crippen molar-refractivity contribution < 1.29 is 9.90 Å². The number of fused-ring (bicyclic) bond motifs is 3. The molecule has 1 aromatic heterocycles. The summed E-state index contributed by atoms with van der Waals surface area (Å²) < 4.78 is 1.86. The van der Waals surface area contributed by atoms with E-state index in [1.54, 1.807) is 0 Å². The first-order valence-electron chi connectivity index (χ1n) is 12.6. The van der Waals surface area contributed by atoms with Crippen LogP contribution in [0.3, 0.4) is 0 Å². The first-order chi connectivity index (χ1) is 17.0. The Hall–Kier alpha value is -3.22. The number of hydrogen-bond acceptors (Lipinski definition) is 4. The molecule has 35 heavy (non-hydrogen) atoms. The van der Waals surface area contributed by atoms with Gasteiger partial charge in [0.25, 0.3) is 5.56 Å². The first kappa shape index (κ1) is 23.5. The molecule has 2 aliphatic rings. The van der Waals surface area contributed by atoms with Crippen LogP contribution in [0.5, 0.6) is 0 Å². The third kappa shape index (κ3) is 4.11. The Morgan fingerprint density at radius 1 is 1.06 bits per heavy atom. The fourth-order valence-corrected chi connectivity index (χ4v) is 6.09. The topological polar surface area (TPSA) is 74.6 Å². The summed E-state index contributed by atoms with van der Waals surface area (Å²) in [6.07, 6.45) is 0.881. The van der Waals surface area contributed by atoms with E-state index in [-0.39, 0.29) is 42.0 Å². The molecule has 182 valence electrons. The molecule has 0 unspecified atom stereocenters. The zero-order valence-electron chi connectivity index (χ0n) is 20.3. The van der Waals surface area contributed by atoms with Gasteiger partial charge in [-0.05, 0) is 43.1 Å². The van der Waals surface area contributed by atoms with Gasteiger partial charge in [0, 0.05) is 36.2 Å². The number of aromatic nitrogens is 1. The first-order valence-corrected chi connectivity index (χ1v) is 12.6. The molecule has 5 atom stereocenters. The number of carbonyl (C=O) groups excluding carboxylic acids is 1. The van der Waals surface area contributed by atoms with Crippen molar-refractivity contribution in [2.45, 2.75) is 44.9 Å². The number of rotatable bonds is 7. The van der Waals surface area contributed by atoms with Crippen LogP contribution in [0, 0.1) is 11.8 Å². The molecule has 2 N–H and O–H groups in total. The standard InChI is InChI=1S/C29H33N3O3/c1-3-16-31-26-23(17-32-25(26)15-14-22(29(32)35)21-12-8-5-9-13-21)24(18-33)27(31)28(34)30-19(2)20-10-6-4-7-11-20/h4-15,19,23-24,26-27,33H,3,16-18H2,1-2H3,(H,30,34)/t19-,23-,24-,26+,27-/m0/s1. The summed E-state index contributed by atoms with van der Waals surface area (Å²) in [5, 5.41) is 13.6. The van der Waals surface area contributed by atoms with Crippen LogP contribution in [-0.2, 0) is 11.3 Å². The van der Waals surface area contributed by atoms with Crippen LogP contribution >= 0.6 is 0 Å². The lowest BCUT2D eigenvalue weighted by Gasteiger charge is -2.31. The molecular weight excluding hydrogens is 438 g/mol. The molecule has 5 rings (SSSR count). The average molecular weight is 472 g/mol. The van der Waals surface area contributed by atoms with Gasteiger partial charge in [-0.1, -0.05) is 67.6 Å². The number of benzene rings is 2. The number of nitrogens with zero attached hydrogens (tertiary/aromatic N) is 2. The molecule has 0 spiro atoms. The van der Waals surface area contributed by atoms with Gasteiger partial charge in [0.15, 0.2) is 0 Å². The summed E-state index contributed by atoms with van der Waals surface area (Å²) >= 11 is 0. The van der Waals surface area contributed by atoms with Crippen LogP contribution in [0.2, 0.25) is 0 Å². The van der Waals surface area contributed by atoms with Gasteiger partial charge in [0.2, 0.25) is 5.91 Å². The Morgan fingerprint density at radius 3 is 2.40 bits per heavy atom. The maximum Gasteiger partial charge on any atom is 0.258 e. The van der Waals surface area contributed by atoms with Crippen LogP contribution in [-0.4, -0.2) is 39.7 Å². The minimum Gasteiger partial charge on any atom is -0.396 e. The zero-order valence-corrected chi connectivity index (χ0v) is 20.3. The van der Waals surface area contributed by atoms with Crippen LogP contribution in [0.1, 0.15) is 43.6 Å². The molecule has 1 amide bonds. The van der Waals surface area contributed by atoms with Crippen molar-refractivity contribution in [2.75, 3.05) is 13.2 Å². The summed E-state index contributed by atoms with van der Waals surface area (Å²) in [5.41, 5.74) is 3.57. The maximum atomic E-state index is 13.6. The van der Waals surface area contributed by atoms with E-state index >= 15 is 0 Å². The second kappa shape index (κ2) is 9.80. The number of pyridine rings is 1. The van der Waals surface area contributed by atoms with Crippen molar-refractivity contribution >= 4 is 5.91 Å². The van der Waals surface area contributed by atoms with E-state index in [4.69, 9.17) is 0 Å². The second-order valence-corrected chi connectivity index (χ2v) is 9.73. The van der Waals surface area contributed by atoms with Gasteiger partial charge < -0.3 is 15.0 Å². The normalized spacial score (nSPS) is 24.1. The van der Waals surface area contributed by atoms with E-state index in [9.17, 15) is 14.7 Å². The van der Waals surface area contributed by atoms with Gasteiger partial charge in [-0.15, -0.1) is 0 Å². The fraction of sp³-hybridized carbons (Fsp3) is 0.379. The molecule has 3 aromatic rings. The largest absolute Gasteiger partial charge is 0.396 e. The lowest BCUT2D eigenvalue weighted by Crippen LogP contribution is -2.49. The molecule has 0 aliphatic carbocycles. The summed E-state index contributed by atoms with van der Waals surface area (Å²) in [7, 11) is 0. The van der Waals surface area contributed by atoms with Gasteiger partial charge >= 0.3 is 0 Å². The summed E-state index contributed by atoms with van der Waals surface area (Å²) in [6.45, 7) is 5.24. The van der Waals surface area contributed by atoms with Crippen LogP contribution in [0.25, 0.3) is 11.1 Å². The van der Waals surface area contributed by atoms with E-state index in [2.05, 4.69) is 17.1 Å². The Kier molecular flexibility index (Phi) is 6.58. The highest BCUT2D eigenvalue weighted by atomic mass is 16.3. The van der Waals surface area contributed by atoms with Gasteiger partial charge in [0.1, 0.15) is 0 Å². The molecule has 1 fully saturated rings. The quantitative estimate of drug-likeness (QED) is 0.550. The van der Waals surface area contributed by atoms with Crippen LogP contribution in [0.4, 0.5) is 0 Å². The van der Waals surface area contributed by atoms with E-state index in [1.807, 2.05) is 84.3 Å². The Balaban J connectivity index is 1.47. The summed E-state index contributed by atoms with van der Waals surface area (Å²) in [6, 6.07) is 23.0. The highest BCUT2D eigenvalue weighted by Gasteiger charge is 2.55. The van der Waals surface area contributed by atoms with Gasteiger partial charge in [0.05, 0.1) is 18.1 Å². The smallest absolute Gasteiger partial charge is 0.258 e. The van der Waals surface area contributed by atoms with Gasteiger partial charge in [-0.25, -0.2) is 0 Å². The highest BCUT2D eigenvalue weighted by Crippen LogP contribution is 2.49. The third-order valence-corrected chi connectivity index (χ3v) is 7.68. The molecule has 0 radical (unpaired) electrons. The van der Waals surface area contributed by atoms with Crippen LogP contribution < -0.4 is 10.9 Å². The van der Waals surface area contributed by atoms with Crippen molar-refractivity contribution in [2.24, 2.45) is 11.8 Å². The lowest BCUT2D eigenvalue weighted by atomic mass is 9.88. The number of likely N-dealkylation sites (tertiary alicyclic amines) is 1. The Bertz CT molecular complexity index is 1240. The van der Waals surface area contributed by atoms with Crippen LogP contribution in [0.15, 0.2) is 77.6 Å². The minimum absolute atomic E-state index is 0.00469. The van der Waals surface area contributed by atoms with Gasteiger partial charge in [-0.2, -0.15) is 0 Å². The number of nitrogens with one attached hydrogen (secondary N) is 1. The fourth-order valence-electron chi connectivity index (χ4n) is 6.09. The molecular formula is C29H33N3O3. The van der Waals surface area contributed by atoms with E-state index in [0.717, 1.165) is 29.8 Å².